The highest BCUT2D eigenvalue weighted by Crippen LogP contribution is 1.92. The van der Waals surface area contributed by atoms with E-state index in [1.807, 2.05) is 18.2 Å². The monoisotopic (exact) mass is 207 g/mol. The summed E-state index contributed by atoms with van der Waals surface area (Å²) in [5.41, 5.74) is 0.995. The van der Waals surface area contributed by atoms with Gasteiger partial charge in [-0.25, -0.2) is 0 Å². The van der Waals surface area contributed by atoms with Gasteiger partial charge in [-0.15, -0.1) is 0 Å². The van der Waals surface area contributed by atoms with Crippen LogP contribution in [-0.4, -0.2) is 36.4 Å². The van der Waals surface area contributed by atoms with Crippen LogP contribution in [0.5, 0.6) is 0 Å². The number of nitrogens with zero attached hydrogens (tertiary/aromatic N) is 2. The zero-order chi connectivity index (χ0) is 11.1. The fourth-order valence-corrected chi connectivity index (χ4v) is 1.14. The molecule has 0 saturated heterocycles. The van der Waals surface area contributed by atoms with Crippen LogP contribution in [0.1, 0.15) is 12.1 Å². The molecule has 4 nitrogen and oxygen atoms in total. The molecule has 1 rings (SSSR count). The van der Waals surface area contributed by atoms with E-state index in [9.17, 15) is 4.79 Å². The topological polar surface area (TPSA) is 45.2 Å². The van der Waals surface area contributed by atoms with Crippen LogP contribution < -0.4 is 5.32 Å². The molecule has 1 N–H and O–H groups in total. The van der Waals surface area contributed by atoms with E-state index < -0.39 is 0 Å². The average molecular weight is 207 g/mol. The van der Waals surface area contributed by atoms with Gasteiger partial charge in [-0.3, -0.25) is 9.78 Å². The maximum absolute atomic E-state index is 11.2. The van der Waals surface area contributed by atoms with Crippen LogP contribution in [0.25, 0.3) is 0 Å². The van der Waals surface area contributed by atoms with Gasteiger partial charge in [0.25, 0.3) is 0 Å². The van der Waals surface area contributed by atoms with E-state index >= 15 is 0 Å². The van der Waals surface area contributed by atoms with Crippen LogP contribution in [-0.2, 0) is 11.3 Å². The first-order chi connectivity index (χ1) is 7.20. The smallest absolute Gasteiger partial charge is 0.223 e. The highest BCUT2D eigenvalue weighted by Gasteiger charge is 2.02. The number of aromatic nitrogens is 1. The lowest BCUT2D eigenvalue weighted by atomic mass is 10.3. The van der Waals surface area contributed by atoms with Crippen molar-refractivity contribution in [3.8, 4) is 0 Å². The lowest BCUT2D eigenvalue weighted by Crippen LogP contribution is -2.26. The number of hydrogen-bond donors (Lipinski definition) is 1. The Bertz CT molecular complexity index is 298. The van der Waals surface area contributed by atoms with Crippen LogP contribution in [0, 0.1) is 0 Å². The molecule has 0 radical (unpaired) electrons. The van der Waals surface area contributed by atoms with Gasteiger partial charge >= 0.3 is 0 Å². The van der Waals surface area contributed by atoms with Gasteiger partial charge in [-0.05, 0) is 12.1 Å². The maximum Gasteiger partial charge on any atom is 0.223 e. The summed E-state index contributed by atoms with van der Waals surface area (Å²) in [6.45, 7) is 1.40. The molecule has 1 aromatic heterocycles. The average Bonchev–Trinajstić information content (AvgIpc) is 2.25. The van der Waals surface area contributed by atoms with Crippen LogP contribution in [0.2, 0.25) is 0 Å². The first kappa shape index (κ1) is 11.7. The first-order valence-electron chi connectivity index (χ1n) is 5.01. The van der Waals surface area contributed by atoms with Gasteiger partial charge in [-0.2, -0.15) is 0 Å². The quantitative estimate of drug-likeness (QED) is 0.721. The van der Waals surface area contributed by atoms with Gasteiger partial charge in [0.1, 0.15) is 0 Å². The minimum Gasteiger partial charge on any atom is -0.349 e. The molecule has 4 heteroatoms. The van der Waals surface area contributed by atoms with Crippen molar-refractivity contribution in [3.63, 3.8) is 0 Å². The zero-order valence-corrected chi connectivity index (χ0v) is 9.23. The molecule has 1 aromatic rings. The number of rotatable bonds is 5. The summed E-state index contributed by atoms with van der Waals surface area (Å²) in [6, 6.07) is 5.80. The number of carbonyl (C=O) groups is 1. The number of pyridine rings is 1. The van der Waals surface area contributed by atoms with E-state index in [0.29, 0.717) is 19.5 Å². The van der Waals surface area contributed by atoms with Gasteiger partial charge in [0.15, 0.2) is 0 Å². The van der Waals surface area contributed by atoms with Crippen molar-refractivity contribution in [1.29, 1.82) is 0 Å². The molecule has 1 amide bonds. The Labute approximate surface area is 90.3 Å². The summed E-state index contributed by atoms with van der Waals surface area (Å²) < 4.78 is 0. The number of amides is 1. The molecule has 0 aliphatic carbocycles. The Kier molecular flexibility index (Phi) is 4.77. The molecular weight excluding hydrogens is 190 g/mol. The predicted molar refractivity (Wildman–Crippen MR) is 59.3 cm³/mol. The standard InChI is InChI=1S/C11H17N3O/c1-14(2)11(15)6-8-12-9-10-5-3-4-7-13-10/h3-5,7,12H,6,8-9H2,1-2H3. The van der Waals surface area contributed by atoms with Gasteiger partial charge in [-0.1, -0.05) is 6.07 Å². The Balaban J connectivity index is 2.15. The Morgan fingerprint density at radius 3 is 2.87 bits per heavy atom. The zero-order valence-electron chi connectivity index (χ0n) is 9.23. The van der Waals surface area contributed by atoms with Crippen molar-refractivity contribution in [1.82, 2.24) is 15.2 Å². The van der Waals surface area contributed by atoms with Crippen LogP contribution in [0.4, 0.5) is 0 Å². The van der Waals surface area contributed by atoms with Crippen LogP contribution >= 0.6 is 0 Å². The van der Waals surface area contributed by atoms with E-state index in [-0.39, 0.29) is 5.91 Å². The number of nitrogens with one attached hydrogen (secondary N) is 1. The van der Waals surface area contributed by atoms with E-state index in [1.165, 1.54) is 0 Å². The maximum atomic E-state index is 11.2. The highest BCUT2D eigenvalue weighted by molar-refractivity contribution is 5.75. The molecule has 0 atom stereocenters. The van der Waals surface area contributed by atoms with Crippen molar-refractivity contribution in [2.45, 2.75) is 13.0 Å². The predicted octanol–water partition coefficient (Wildman–Crippen LogP) is 0.649. The number of hydrogen-bond acceptors (Lipinski definition) is 3. The lowest BCUT2D eigenvalue weighted by molar-refractivity contribution is -0.128. The molecule has 0 bridgehead atoms. The molecule has 1 heterocycles. The molecule has 15 heavy (non-hydrogen) atoms. The van der Waals surface area contributed by atoms with E-state index in [2.05, 4.69) is 10.3 Å². The minimum atomic E-state index is 0.142. The SMILES string of the molecule is CN(C)C(=O)CCNCc1ccccn1. The summed E-state index contributed by atoms with van der Waals surface area (Å²) in [4.78, 5) is 17.0. The number of carbonyl (C=O) groups excluding carboxylic acids is 1. The van der Waals surface area contributed by atoms with Crippen molar-refractivity contribution in [2.24, 2.45) is 0 Å². The summed E-state index contributed by atoms with van der Waals surface area (Å²) >= 11 is 0. The van der Waals surface area contributed by atoms with Crippen molar-refractivity contribution < 1.29 is 4.79 Å². The second-order valence-electron chi connectivity index (χ2n) is 3.54. The van der Waals surface area contributed by atoms with E-state index in [4.69, 9.17) is 0 Å². The van der Waals surface area contributed by atoms with Gasteiger partial charge in [0, 0.05) is 39.8 Å². The molecule has 0 spiro atoms. The Hall–Kier alpha value is -1.42. The molecule has 0 saturated carbocycles. The molecule has 0 aliphatic heterocycles. The van der Waals surface area contributed by atoms with Crippen LogP contribution in [0.15, 0.2) is 24.4 Å². The highest BCUT2D eigenvalue weighted by atomic mass is 16.2. The normalized spacial score (nSPS) is 10.0. The van der Waals surface area contributed by atoms with Crippen LogP contribution in [0.3, 0.4) is 0 Å². The van der Waals surface area contributed by atoms with Gasteiger partial charge in [0.05, 0.1) is 5.69 Å². The summed E-state index contributed by atoms with van der Waals surface area (Å²) in [5.74, 6) is 0.142. The Morgan fingerprint density at radius 1 is 1.47 bits per heavy atom. The fraction of sp³-hybridized carbons (Fsp3) is 0.455. The van der Waals surface area contributed by atoms with E-state index in [0.717, 1.165) is 5.69 Å². The second kappa shape index (κ2) is 6.14. The van der Waals surface area contributed by atoms with Crippen molar-refractivity contribution in [3.05, 3.63) is 30.1 Å². The third-order valence-electron chi connectivity index (χ3n) is 2.05. The lowest BCUT2D eigenvalue weighted by Gasteiger charge is -2.10. The van der Waals surface area contributed by atoms with Crippen molar-refractivity contribution in [2.75, 3.05) is 20.6 Å². The molecule has 82 valence electrons. The summed E-state index contributed by atoms with van der Waals surface area (Å²) in [6.07, 6.45) is 2.29. The molecular formula is C11H17N3O. The van der Waals surface area contributed by atoms with Gasteiger partial charge < -0.3 is 10.2 Å². The largest absolute Gasteiger partial charge is 0.349 e. The second-order valence-corrected chi connectivity index (χ2v) is 3.54. The summed E-state index contributed by atoms with van der Waals surface area (Å²) in [5, 5.41) is 3.18. The summed E-state index contributed by atoms with van der Waals surface area (Å²) in [7, 11) is 3.53. The minimum absolute atomic E-state index is 0.142. The third-order valence-corrected chi connectivity index (χ3v) is 2.05. The van der Waals surface area contributed by atoms with Gasteiger partial charge in [0.2, 0.25) is 5.91 Å². The molecule has 0 aliphatic rings. The van der Waals surface area contributed by atoms with E-state index in [1.54, 1.807) is 25.2 Å². The fourth-order valence-electron chi connectivity index (χ4n) is 1.14. The molecule has 0 unspecified atom stereocenters. The molecule has 0 aromatic carbocycles. The third kappa shape index (κ3) is 4.56. The molecule has 0 fully saturated rings. The van der Waals surface area contributed by atoms with Crippen molar-refractivity contribution >= 4 is 5.91 Å². The Morgan fingerprint density at radius 2 is 2.27 bits per heavy atom. The first-order valence-corrected chi connectivity index (χ1v) is 5.01.